The Labute approximate surface area is 169 Å². The maximum Gasteiger partial charge on any atom is 0.155 e. The number of likely N-dealkylation sites (tertiary alicyclic amines) is 1. The molecule has 7 nitrogen and oxygen atoms in total. The van der Waals surface area contributed by atoms with Gasteiger partial charge in [-0.2, -0.15) is 5.10 Å². The number of fused-ring (bicyclic) bond motifs is 1. The SMILES string of the molecule is c1n[nH]c(-c2ccc3[nH]cc(CCN4CC[C@@H](CNCc5ccoc5)C4)c3c2)n1. The van der Waals surface area contributed by atoms with Crippen molar-refractivity contribution >= 4 is 10.9 Å². The molecule has 0 unspecified atom stereocenters. The van der Waals surface area contributed by atoms with E-state index < -0.39 is 0 Å². The molecule has 0 amide bonds. The van der Waals surface area contributed by atoms with Gasteiger partial charge >= 0.3 is 0 Å². The zero-order chi connectivity index (χ0) is 19.5. The number of furan rings is 1. The van der Waals surface area contributed by atoms with Crippen LogP contribution in [0.15, 0.2) is 53.7 Å². The summed E-state index contributed by atoms with van der Waals surface area (Å²) in [6.45, 7) is 5.40. The van der Waals surface area contributed by atoms with Crippen molar-refractivity contribution in [2.75, 3.05) is 26.2 Å². The van der Waals surface area contributed by atoms with Gasteiger partial charge in [0.2, 0.25) is 0 Å². The topological polar surface area (TPSA) is 85.8 Å². The quantitative estimate of drug-likeness (QED) is 0.430. The minimum Gasteiger partial charge on any atom is -0.472 e. The Morgan fingerprint density at radius 2 is 2.28 bits per heavy atom. The van der Waals surface area contributed by atoms with E-state index in [9.17, 15) is 0 Å². The maximum atomic E-state index is 5.12. The largest absolute Gasteiger partial charge is 0.472 e. The highest BCUT2D eigenvalue weighted by atomic mass is 16.3. The van der Waals surface area contributed by atoms with Crippen LogP contribution in [0, 0.1) is 5.92 Å². The lowest BCUT2D eigenvalue weighted by molar-refractivity contribution is 0.326. The van der Waals surface area contributed by atoms with Crippen LogP contribution in [0.4, 0.5) is 0 Å². The molecule has 0 radical (unpaired) electrons. The number of nitrogens with one attached hydrogen (secondary N) is 3. The highest BCUT2D eigenvalue weighted by Gasteiger charge is 2.22. The molecular weight excluding hydrogens is 364 g/mol. The Morgan fingerprint density at radius 1 is 1.28 bits per heavy atom. The van der Waals surface area contributed by atoms with Gasteiger partial charge in [-0.15, -0.1) is 0 Å². The summed E-state index contributed by atoms with van der Waals surface area (Å²) in [5, 5.41) is 11.7. The van der Waals surface area contributed by atoms with Crippen LogP contribution in [0.1, 0.15) is 17.5 Å². The molecular formula is C22H26N6O. The van der Waals surface area contributed by atoms with E-state index in [4.69, 9.17) is 4.42 Å². The minimum absolute atomic E-state index is 0.725. The second-order valence-electron chi connectivity index (χ2n) is 7.88. The fraction of sp³-hybridized carbons (Fsp3) is 0.364. The van der Waals surface area contributed by atoms with Gasteiger partial charge in [-0.3, -0.25) is 5.10 Å². The predicted molar refractivity (Wildman–Crippen MR) is 112 cm³/mol. The first-order chi connectivity index (χ1) is 14.3. The first-order valence-electron chi connectivity index (χ1n) is 10.2. The molecule has 1 aromatic carbocycles. The van der Waals surface area contributed by atoms with Crippen LogP contribution in [-0.4, -0.2) is 51.2 Å². The van der Waals surface area contributed by atoms with Crippen molar-refractivity contribution in [3.63, 3.8) is 0 Å². The molecule has 3 aromatic heterocycles. The molecule has 0 bridgehead atoms. The van der Waals surface area contributed by atoms with Gasteiger partial charge in [-0.25, -0.2) is 4.98 Å². The zero-order valence-corrected chi connectivity index (χ0v) is 16.4. The van der Waals surface area contributed by atoms with Gasteiger partial charge in [-0.05, 0) is 61.7 Å². The summed E-state index contributed by atoms with van der Waals surface area (Å²) in [4.78, 5) is 10.3. The summed E-state index contributed by atoms with van der Waals surface area (Å²) in [7, 11) is 0. The van der Waals surface area contributed by atoms with Crippen LogP contribution in [0.25, 0.3) is 22.3 Å². The molecule has 1 fully saturated rings. The molecule has 1 saturated heterocycles. The van der Waals surface area contributed by atoms with E-state index in [1.165, 1.54) is 41.5 Å². The fourth-order valence-corrected chi connectivity index (χ4v) is 4.25. The normalized spacial score (nSPS) is 17.4. The van der Waals surface area contributed by atoms with Gasteiger partial charge in [0, 0.05) is 47.9 Å². The molecule has 3 N–H and O–H groups in total. The summed E-state index contributed by atoms with van der Waals surface area (Å²) >= 11 is 0. The number of aromatic nitrogens is 4. The summed E-state index contributed by atoms with van der Waals surface area (Å²) in [6, 6.07) is 8.41. The lowest BCUT2D eigenvalue weighted by Gasteiger charge is -2.16. The number of rotatable bonds is 8. The smallest absolute Gasteiger partial charge is 0.155 e. The number of H-pyrrole nitrogens is 2. The second-order valence-corrected chi connectivity index (χ2v) is 7.88. The number of aromatic amines is 2. The Kier molecular flexibility index (Phi) is 5.15. The molecule has 5 rings (SSSR count). The van der Waals surface area contributed by atoms with Gasteiger partial charge in [-0.1, -0.05) is 0 Å². The van der Waals surface area contributed by atoms with E-state index in [2.05, 4.69) is 54.8 Å². The molecule has 150 valence electrons. The van der Waals surface area contributed by atoms with Gasteiger partial charge in [0.15, 0.2) is 5.82 Å². The van der Waals surface area contributed by atoms with E-state index in [0.29, 0.717) is 0 Å². The molecule has 29 heavy (non-hydrogen) atoms. The standard InChI is InChI=1S/C22H26N6O/c1-2-21-20(9-18(1)22-25-15-26-27-22)19(12-24-21)4-7-28-6-3-16(13-28)10-23-11-17-5-8-29-14-17/h1-2,5,8-9,12,14-16,23-24H,3-4,6-7,10-11,13H2,(H,25,26,27)/t16-/m0/s1. The van der Waals surface area contributed by atoms with Crippen LogP contribution in [0.2, 0.25) is 0 Å². The lowest BCUT2D eigenvalue weighted by atomic mass is 10.1. The molecule has 0 spiro atoms. The van der Waals surface area contributed by atoms with Crippen molar-refractivity contribution in [2.45, 2.75) is 19.4 Å². The van der Waals surface area contributed by atoms with Crippen LogP contribution in [0.3, 0.4) is 0 Å². The zero-order valence-electron chi connectivity index (χ0n) is 16.4. The number of hydrogen-bond donors (Lipinski definition) is 3. The monoisotopic (exact) mass is 390 g/mol. The van der Waals surface area contributed by atoms with Crippen LogP contribution in [0.5, 0.6) is 0 Å². The maximum absolute atomic E-state index is 5.12. The highest BCUT2D eigenvalue weighted by molar-refractivity contribution is 5.87. The third-order valence-electron chi connectivity index (χ3n) is 5.87. The van der Waals surface area contributed by atoms with E-state index >= 15 is 0 Å². The Hall–Kier alpha value is -2.90. The van der Waals surface area contributed by atoms with E-state index in [1.807, 2.05) is 12.3 Å². The molecule has 1 aliphatic rings. The first-order valence-corrected chi connectivity index (χ1v) is 10.2. The van der Waals surface area contributed by atoms with Crippen molar-refractivity contribution in [3.05, 3.63) is 60.4 Å². The number of hydrogen-bond acceptors (Lipinski definition) is 5. The van der Waals surface area contributed by atoms with Crippen molar-refractivity contribution in [1.29, 1.82) is 0 Å². The average molecular weight is 390 g/mol. The second kappa shape index (κ2) is 8.23. The molecule has 0 saturated carbocycles. The first kappa shape index (κ1) is 18.1. The number of benzene rings is 1. The Balaban J connectivity index is 1.15. The molecule has 1 atom stereocenters. The van der Waals surface area contributed by atoms with Crippen molar-refractivity contribution in [1.82, 2.24) is 30.4 Å². The van der Waals surface area contributed by atoms with Crippen LogP contribution in [-0.2, 0) is 13.0 Å². The summed E-state index contributed by atoms with van der Waals surface area (Å²) in [5.41, 5.74) is 4.82. The summed E-state index contributed by atoms with van der Waals surface area (Å²) < 4.78 is 5.12. The third kappa shape index (κ3) is 4.11. The summed E-state index contributed by atoms with van der Waals surface area (Å²) in [6.07, 6.45) is 9.55. The molecule has 4 heterocycles. The fourth-order valence-electron chi connectivity index (χ4n) is 4.25. The third-order valence-corrected chi connectivity index (χ3v) is 5.87. The molecule has 0 aliphatic carbocycles. The van der Waals surface area contributed by atoms with Crippen molar-refractivity contribution in [2.24, 2.45) is 5.92 Å². The lowest BCUT2D eigenvalue weighted by Crippen LogP contribution is -2.27. The highest BCUT2D eigenvalue weighted by Crippen LogP contribution is 2.25. The molecule has 7 heteroatoms. The van der Waals surface area contributed by atoms with Gasteiger partial charge in [0.05, 0.1) is 12.5 Å². The molecule has 1 aliphatic heterocycles. The van der Waals surface area contributed by atoms with Crippen molar-refractivity contribution in [3.8, 4) is 11.4 Å². The Morgan fingerprint density at radius 3 is 3.14 bits per heavy atom. The Bertz CT molecular complexity index is 1040. The number of nitrogens with zero attached hydrogens (tertiary/aromatic N) is 3. The molecule has 4 aromatic rings. The predicted octanol–water partition coefficient (Wildman–Crippen LogP) is 3.20. The van der Waals surface area contributed by atoms with E-state index in [0.717, 1.165) is 43.4 Å². The average Bonchev–Trinajstić information content (AvgIpc) is 3.54. The van der Waals surface area contributed by atoms with E-state index in [1.54, 1.807) is 12.6 Å². The van der Waals surface area contributed by atoms with Crippen LogP contribution < -0.4 is 5.32 Å². The van der Waals surface area contributed by atoms with Gasteiger partial charge in [0.1, 0.15) is 6.33 Å². The summed E-state index contributed by atoms with van der Waals surface area (Å²) in [5.74, 6) is 1.53. The minimum atomic E-state index is 0.725. The van der Waals surface area contributed by atoms with E-state index in [-0.39, 0.29) is 0 Å². The van der Waals surface area contributed by atoms with Gasteiger partial charge < -0.3 is 19.6 Å². The van der Waals surface area contributed by atoms with Crippen LogP contribution >= 0.6 is 0 Å². The van der Waals surface area contributed by atoms with Crippen molar-refractivity contribution < 1.29 is 4.42 Å². The van der Waals surface area contributed by atoms with Gasteiger partial charge in [0.25, 0.3) is 0 Å².